The summed E-state index contributed by atoms with van der Waals surface area (Å²) < 4.78 is 7.32. The van der Waals surface area contributed by atoms with Crippen molar-refractivity contribution in [2.75, 3.05) is 13.7 Å². The van der Waals surface area contributed by atoms with Gasteiger partial charge in [0.15, 0.2) is 0 Å². The van der Waals surface area contributed by atoms with Crippen LogP contribution in [0.2, 0.25) is 0 Å². The Bertz CT molecular complexity index is 652. The standard InChI is InChI=1S/C17H24N4O2/c1-12(2)11-19-17(22)20-15(16-18-9-10-21(16)3)13-7-5-6-8-14(13)23-4/h5-10,12,15H,11H2,1-4H3,(H2,19,20,22). The molecule has 0 aliphatic heterocycles. The van der Waals surface area contributed by atoms with Gasteiger partial charge in [-0.25, -0.2) is 9.78 Å². The molecule has 2 amide bonds. The van der Waals surface area contributed by atoms with Crippen molar-refractivity contribution in [1.82, 2.24) is 20.2 Å². The van der Waals surface area contributed by atoms with Crippen LogP contribution >= 0.6 is 0 Å². The van der Waals surface area contributed by atoms with Crippen molar-refractivity contribution in [3.63, 3.8) is 0 Å². The summed E-state index contributed by atoms with van der Waals surface area (Å²) in [6, 6.07) is 7.01. The molecule has 23 heavy (non-hydrogen) atoms. The fraction of sp³-hybridized carbons (Fsp3) is 0.412. The van der Waals surface area contributed by atoms with Crippen LogP contribution in [0, 0.1) is 5.92 Å². The van der Waals surface area contributed by atoms with Gasteiger partial charge in [-0.15, -0.1) is 0 Å². The molecular weight excluding hydrogens is 292 g/mol. The number of imidazole rings is 1. The highest BCUT2D eigenvalue weighted by Crippen LogP contribution is 2.28. The average Bonchev–Trinajstić information content (AvgIpc) is 2.96. The van der Waals surface area contributed by atoms with Gasteiger partial charge in [0.05, 0.1) is 7.11 Å². The summed E-state index contributed by atoms with van der Waals surface area (Å²) in [4.78, 5) is 16.6. The molecule has 0 saturated heterocycles. The number of nitrogens with zero attached hydrogens (tertiary/aromatic N) is 2. The lowest BCUT2D eigenvalue weighted by molar-refractivity contribution is 0.236. The molecule has 0 radical (unpaired) electrons. The van der Waals surface area contributed by atoms with Crippen LogP contribution in [0.4, 0.5) is 4.79 Å². The molecule has 1 atom stereocenters. The number of hydrogen-bond acceptors (Lipinski definition) is 3. The van der Waals surface area contributed by atoms with Gasteiger partial charge in [0.25, 0.3) is 0 Å². The Balaban J connectivity index is 2.30. The van der Waals surface area contributed by atoms with Gasteiger partial charge in [0.2, 0.25) is 0 Å². The number of urea groups is 1. The SMILES string of the molecule is COc1ccccc1C(NC(=O)NCC(C)C)c1nccn1C. The van der Waals surface area contributed by atoms with Gasteiger partial charge in [-0.2, -0.15) is 0 Å². The summed E-state index contributed by atoms with van der Waals surface area (Å²) >= 11 is 0. The van der Waals surface area contributed by atoms with Crippen LogP contribution in [-0.4, -0.2) is 29.2 Å². The zero-order chi connectivity index (χ0) is 16.8. The first-order chi connectivity index (χ1) is 11.0. The first-order valence-corrected chi connectivity index (χ1v) is 7.67. The van der Waals surface area contributed by atoms with E-state index in [4.69, 9.17) is 4.74 Å². The monoisotopic (exact) mass is 316 g/mol. The second kappa shape index (κ2) is 7.67. The van der Waals surface area contributed by atoms with Crippen molar-refractivity contribution in [2.24, 2.45) is 13.0 Å². The van der Waals surface area contributed by atoms with Gasteiger partial charge in [0.1, 0.15) is 17.6 Å². The second-order valence-corrected chi connectivity index (χ2v) is 5.82. The van der Waals surface area contributed by atoms with Crippen LogP contribution in [-0.2, 0) is 7.05 Å². The van der Waals surface area contributed by atoms with Crippen molar-refractivity contribution in [1.29, 1.82) is 0 Å². The largest absolute Gasteiger partial charge is 0.496 e. The number of hydrogen-bond donors (Lipinski definition) is 2. The van der Waals surface area contributed by atoms with E-state index in [1.54, 1.807) is 13.3 Å². The third-order valence-electron chi connectivity index (χ3n) is 3.51. The molecule has 2 aromatic rings. The van der Waals surface area contributed by atoms with Gasteiger partial charge in [-0.05, 0) is 12.0 Å². The quantitative estimate of drug-likeness (QED) is 0.860. The molecule has 124 valence electrons. The number of aromatic nitrogens is 2. The summed E-state index contributed by atoms with van der Waals surface area (Å²) in [7, 11) is 3.52. The Kier molecular flexibility index (Phi) is 5.62. The number of methoxy groups -OCH3 is 1. The highest BCUT2D eigenvalue weighted by molar-refractivity contribution is 5.75. The van der Waals surface area contributed by atoms with Gasteiger partial charge in [-0.3, -0.25) is 0 Å². The molecule has 1 aromatic heterocycles. The van der Waals surface area contributed by atoms with E-state index >= 15 is 0 Å². The fourth-order valence-corrected chi connectivity index (χ4v) is 2.32. The van der Waals surface area contributed by atoms with E-state index < -0.39 is 6.04 Å². The highest BCUT2D eigenvalue weighted by Gasteiger charge is 2.23. The summed E-state index contributed by atoms with van der Waals surface area (Å²) in [6.07, 6.45) is 3.57. The summed E-state index contributed by atoms with van der Waals surface area (Å²) in [5.41, 5.74) is 0.865. The summed E-state index contributed by atoms with van der Waals surface area (Å²) in [5.74, 6) is 1.84. The van der Waals surface area contributed by atoms with Gasteiger partial charge >= 0.3 is 6.03 Å². The minimum absolute atomic E-state index is 0.224. The number of nitrogens with one attached hydrogen (secondary N) is 2. The van der Waals surface area contributed by atoms with Gasteiger partial charge in [0, 0.05) is 31.5 Å². The molecule has 0 bridgehead atoms. The molecule has 6 heteroatoms. The van der Waals surface area contributed by atoms with E-state index in [-0.39, 0.29) is 6.03 Å². The first-order valence-electron chi connectivity index (χ1n) is 7.67. The normalized spacial score (nSPS) is 12.0. The smallest absolute Gasteiger partial charge is 0.315 e. The molecule has 0 saturated carbocycles. The zero-order valence-electron chi connectivity index (χ0n) is 14.0. The van der Waals surface area contributed by atoms with E-state index in [0.717, 1.165) is 11.4 Å². The van der Waals surface area contributed by atoms with Crippen LogP contribution in [0.15, 0.2) is 36.7 Å². The molecule has 1 aromatic carbocycles. The minimum Gasteiger partial charge on any atom is -0.496 e. The lowest BCUT2D eigenvalue weighted by Gasteiger charge is -2.21. The fourth-order valence-electron chi connectivity index (χ4n) is 2.32. The molecule has 1 unspecified atom stereocenters. The maximum absolute atomic E-state index is 12.2. The molecule has 0 aliphatic rings. The number of amides is 2. The van der Waals surface area contributed by atoms with E-state index in [0.29, 0.717) is 18.2 Å². The molecule has 0 aliphatic carbocycles. The van der Waals surface area contributed by atoms with Crippen molar-refractivity contribution in [3.05, 3.63) is 48.0 Å². The van der Waals surface area contributed by atoms with E-state index in [1.807, 2.05) is 42.1 Å². The average molecular weight is 316 g/mol. The highest BCUT2D eigenvalue weighted by atomic mass is 16.5. The molecule has 0 spiro atoms. The Morgan fingerprint density at radius 2 is 2.09 bits per heavy atom. The number of carbonyl (C=O) groups is 1. The lowest BCUT2D eigenvalue weighted by Crippen LogP contribution is -2.40. The van der Waals surface area contributed by atoms with Crippen molar-refractivity contribution >= 4 is 6.03 Å². The molecule has 2 rings (SSSR count). The number of aryl methyl sites for hydroxylation is 1. The second-order valence-electron chi connectivity index (χ2n) is 5.82. The van der Waals surface area contributed by atoms with E-state index in [9.17, 15) is 4.79 Å². The Morgan fingerprint density at radius 1 is 1.35 bits per heavy atom. The summed E-state index contributed by atoms with van der Waals surface area (Å²) in [6.45, 7) is 4.72. The summed E-state index contributed by atoms with van der Waals surface area (Å²) in [5, 5.41) is 5.87. The topological polar surface area (TPSA) is 68.2 Å². The third-order valence-corrected chi connectivity index (χ3v) is 3.51. The third kappa shape index (κ3) is 4.25. The Labute approximate surface area is 136 Å². The van der Waals surface area contributed by atoms with Crippen molar-refractivity contribution < 1.29 is 9.53 Å². The first kappa shape index (κ1) is 16.9. The number of ether oxygens (including phenoxy) is 1. The van der Waals surface area contributed by atoms with Crippen LogP contribution < -0.4 is 15.4 Å². The number of carbonyl (C=O) groups excluding carboxylic acids is 1. The Hall–Kier alpha value is -2.50. The molecule has 1 heterocycles. The lowest BCUT2D eigenvalue weighted by atomic mass is 10.0. The number of para-hydroxylation sites is 1. The maximum atomic E-state index is 12.2. The number of rotatable bonds is 6. The predicted octanol–water partition coefficient (Wildman–Crippen LogP) is 2.47. The van der Waals surface area contributed by atoms with Gasteiger partial charge < -0.3 is 19.9 Å². The van der Waals surface area contributed by atoms with Gasteiger partial charge in [-0.1, -0.05) is 32.0 Å². The van der Waals surface area contributed by atoms with Crippen LogP contribution in [0.1, 0.15) is 31.3 Å². The molecule has 2 N–H and O–H groups in total. The molecular formula is C17H24N4O2. The maximum Gasteiger partial charge on any atom is 0.315 e. The minimum atomic E-state index is -0.390. The Morgan fingerprint density at radius 3 is 2.70 bits per heavy atom. The van der Waals surface area contributed by atoms with E-state index in [2.05, 4.69) is 29.5 Å². The number of benzene rings is 1. The van der Waals surface area contributed by atoms with Crippen LogP contribution in [0.25, 0.3) is 0 Å². The molecule has 6 nitrogen and oxygen atoms in total. The van der Waals surface area contributed by atoms with Crippen molar-refractivity contribution in [2.45, 2.75) is 19.9 Å². The zero-order valence-corrected chi connectivity index (χ0v) is 14.0. The predicted molar refractivity (Wildman–Crippen MR) is 89.4 cm³/mol. The van der Waals surface area contributed by atoms with E-state index in [1.165, 1.54) is 0 Å². The van der Waals surface area contributed by atoms with Crippen LogP contribution in [0.5, 0.6) is 5.75 Å². The molecule has 0 fully saturated rings. The van der Waals surface area contributed by atoms with Crippen LogP contribution in [0.3, 0.4) is 0 Å². The van der Waals surface area contributed by atoms with Crippen molar-refractivity contribution in [3.8, 4) is 5.75 Å².